The zero-order valence-corrected chi connectivity index (χ0v) is 15.7. The third kappa shape index (κ3) is 3.39. The van der Waals surface area contributed by atoms with E-state index in [-0.39, 0.29) is 6.04 Å². The molecule has 27 heavy (non-hydrogen) atoms. The number of hydrogen-bond donors (Lipinski definition) is 2. The topological polar surface area (TPSA) is 79.0 Å². The summed E-state index contributed by atoms with van der Waals surface area (Å²) in [5.74, 6) is 0.812. The molecule has 2 heterocycles. The summed E-state index contributed by atoms with van der Waals surface area (Å²) in [6.45, 7) is 2.20. The fourth-order valence-electron chi connectivity index (χ4n) is 3.78. The van der Waals surface area contributed by atoms with E-state index in [2.05, 4.69) is 20.0 Å². The molecule has 0 spiro atoms. The van der Waals surface area contributed by atoms with Crippen molar-refractivity contribution in [1.82, 2.24) is 19.9 Å². The van der Waals surface area contributed by atoms with Crippen molar-refractivity contribution in [3.8, 4) is 0 Å². The van der Waals surface area contributed by atoms with E-state index < -0.39 is 6.17 Å². The van der Waals surface area contributed by atoms with Crippen LogP contribution in [0.15, 0.2) is 41.4 Å². The van der Waals surface area contributed by atoms with E-state index in [1.807, 2.05) is 18.2 Å². The first kappa shape index (κ1) is 17.9. The highest BCUT2D eigenvalue weighted by Crippen LogP contribution is 2.37. The van der Waals surface area contributed by atoms with Gasteiger partial charge in [-0.25, -0.2) is 14.9 Å². The minimum atomic E-state index is -0.783. The van der Waals surface area contributed by atoms with Gasteiger partial charge < -0.3 is 9.88 Å². The van der Waals surface area contributed by atoms with Crippen molar-refractivity contribution in [2.24, 2.45) is 5.11 Å². The van der Waals surface area contributed by atoms with Gasteiger partial charge in [-0.1, -0.05) is 11.6 Å². The van der Waals surface area contributed by atoms with Gasteiger partial charge in [0.15, 0.2) is 0 Å². The summed E-state index contributed by atoms with van der Waals surface area (Å²) in [6.07, 6.45) is 4.48. The molecule has 0 amide bonds. The molecule has 2 aromatic heterocycles. The first-order valence-corrected chi connectivity index (χ1v) is 9.31. The van der Waals surface area contributed by atoms with Crippen LogP contribution in [0.25, 0.3) is 21.9 Å². The van der Waals surface area contributed by atoms with Gasteiger partial charge in [0.1, 0.15) is 17.5 Å². The minimum Gasteiger partial charge on any atom is -0.382 e. The first-order valence-electron chi connectivity index (χ1n) is 8.93. The lowest BCUT2D eigenvalue weighted by Gasteiger charge is -2.17. The minimum absolute atomic E-state index is 0.0531. The SMILES string of the molecule is C/C(=C/NCc1nc2cnc3ccc(Cl)cc3c2n1C1CCC(F)C1)N=N. The van der Waals surface area contributed by atoms with Crippen LogP contribution in [0.5, 0.6) is 0 Å². The summed E-state index contributed by atoms with van der Waals surface area (Å²) in [5, 5.41) is 8.08. The predicted molar refractivity (Wildman–Crippen MR) is 104 cm³/mol. The van der Waals surface area contributed by atoms with E-state index in [0.717, 1.165) is 34.2 Å². The Morgan fingerprint density at radius 1 is 1.44 bits per heavy atom. The molecule has 4 rings (SSSR count). The predicted octanol–water partition coefficient (Wildman–Crippen LogP) is 5.28. The van der Waals surface area contributed by atoms with Crippen molar-refractivity contribution < 1.29 is 4.39 Å². The quantitative estimate of drug-likeness (QED) is 0.585. The molecule has 1 aliphatic rings. The maximum atomic E-state index is 14.0. The Morgan fingerprint density at radius 3 is 3.04 bits per heavy atom. The largest absolute Gasteiger partial charge is 0.382 e. The van der Waals surface area contributed by atoms with Crippen LogP contribution in [0.3, 0.4) is 0 Å². The number of benzene rings is 1. The molecule has 3 aromatic rings. The molecule has 0 bridgehead atoms. The highest BCUT2D eigenvalue weighted by molar-refractivity contribution is 6.31. The molecule has 0 radical (unpaired) electrons. The summed E-state index contributed by atoms with van der Waals surface area (Å²) in [4.78, 5) is 9.24. The van der Waals surface area contributed by atoms with Gasteiger partial charge >= 0.3 is 0 Å². The lowest BCUT2D eigenvalue weighted by molar-refractivity contribution is 0.330. The zero-order valence-electron chi connectivity index (χ0n) is 14.9. The summed E-state index contributed by atoms with van der Waals surface area (Å²) in [6, 6.07) is 5.65. The van der Waals surface area contributed by atoms with E-state index in [1.165, 1.54) is 0 Å². The fraction of sp³-hybridized carbons (Fsp3) is 0.368. The summed E-state index contributed by atoms with van der Waals surface area (Å²) in [5.41, 5.74) is 10.2. The molecule has 140 valence electrons. The first-order chi connectivity index (χ1) is 13.1. The Balaban J connectivity index is 1.87. The number of rotatable bonds is 5. The fourth-order valence-corrected chi connectivity index (χ4v) is 3.95. The van der Waals surface area contributed by atoms with Crippen LogP contribution in [0.1, 0.15) is 38.1 Å². The van der Waals surface area contributed by atoms with E-state index in [4.69, 9.17) is 22.1 Å². The number of allylic oxidation sites excluding steroid dienone is 1. The van der Waals surface area contributed by atoms with E-state index in [0.29, 0.717) is 30.1 Å². The van der Waals surface area contributed by atoms with Crippen LogP contribution in [-0.2, 0) is 6.54 Å². The summed E-state index contributed by atoms with van der Waals surface area (Å²) < 4.78 is 16.1. The molecule has 1 aromatic carbocycles. The van der Waals surface area contributed by atoms with Gasteiger partial charge in [0.05, 0.1) is 29.5 Å². The summed E-state index contributed by atoms with van der Waals surface area (Å²) >= 11 is 6.23. The van der Waals surface area contributed by atoms with Crippen molar-refractivity contribution >= 4 is 33.5 Å². The molecule has 2 N–H and O–H groups in total. The van der Waals surface area contributed by atoms with Crippen LogP contribution in [-0.4, -0.2) is 20.7 Å². The lowest BCUT2D eigenvalue weighted by atomic mass is 10.1. The normalized spacial score (nSPS) is 20.5. The standard InChI is InChI=1S/C19H20ClFN6/c1-11(26-22)8-23-10-18-25-17-9-24-16-5-2-12(20)6-15(16)19(17)27(18)14-4-3-13(21)7-14/h2,5-6,8-9,13-14,22-23H,3-4,7,10H2,1H3/b11-8-,26-22?. The van der Waals surface area contributed by atoms with Crippen molar-refractivity contribution in [3.05, 3.63) is 47.1 Å². The maximum absolute atomic E-state index is 14.0. The smallest absolute Gasteiger partial charge is 0.129 e. The highest BCUT2D eigenvalue weighted by Gasteiger charge is 2.29. The molecule has 2 atom stereocenters. The molecule has 1 saturated carbocycles. The van der Waals surface area contributed by atoms with Crippen molar-refractivity contribution in [2.45, 2.75) is 44.9 Å². The van der Waals surface area contributed by atoms with Gasteiger partial charge in [0, 0.05) is 22.7 Å². The van der Waals surface area contributed by atoms with Crippen molar-refractivity contribution in [2.75, 3.05) is 0 Å². The number of pyridine rings is 1. The number of fused-ring (bicyclic) bond motifs is 3. The molecule has 8 heteroatoms. The van der Waals surface area contributed by atoms with Crippen LogP contribution in [0.4, 0.5) is 4.39 Å². The number of nitrogens with one attached hydrogen (secondary N) is 2. The number of halogens is 2. The molecular weight excluding hydrogens is 367 g/mol. The van der Waals surface area contributed by atoms with Crippen LogP contribution in [0.2, 0.25) is 5.02 Å². The zero-order chi connectivity index (χ0) is 19.0. The van der Waals surface area contributed by atoms with Gasteiger partial charge in [0.25, 0.3) is 0 Å². The maximum Gasteiger partial charge on any atom is 0.129 e. The Bertz CT molecular complexity index is 1040. The Labute approximate surface area is 160 Å². The van der Waals surface area contributed by atoms with E-state index in [1.54, 1.807) is 19.3 Å². The molecule has 0 aliphatic heterocycles. The van der Waals surface area contributed by atoms with Gasteiger partial charge in [-0.3, -0.25) is 4.98 Å². The molecular formula is C19H20ClFN6. The van der Waals surface area contributed by atoms with Gasteiger partial charge in [-0.15, -0.1) is 0 Å². The third-order valence-electron chi connectivity index (χ3n) is 5.00. The van der Waals surface area contributed by atoms with E-state index >= 15 is 0 Å². The van der Waals surface area contributed by atoms with Crippen LogP contribution in [0, 0.1) is 5.53 Å². The highest BCUT2D eigenvalue weighted by atomic mass is 35.5. The molecule has 6 nitrogen and oxygen atoms in total. The number of aromatic nitrogens is 3. The number of nitrogens with zero attached hydrogens (tertiary/aromatic N) is 4. The van der Waals surface area contributed by atoms with Gasteiger partial charge in [-0.2, -0.15) is 5.11 Å². The van der Waals surface area contributed by atoms with E-state index in [9.17, 15) is 4.39 Å². The average Bonchev–Trinajstić information content (AvgIpc) is 3.24. The summed E-state index contributed by atoms with van der Waals surface area (Å²) in [7, 11) is 0. The Kier molecular flexibility index (Phi) is 4.78. The van der Waals surface area contributed by atoms with Crippen molar-refractivity contribution in [1.29, 1.82) is 5.53 Å². The van der Waals surface area contributed by atoms with Crippen LogP contribution < -0.4 is 5.32 Å². The monoisotopic (exact) mass is 386 g/mol. The van der Waals surface area contributed by atoms with Gasteiger partial charge in [0.2, 0.25) is 0 Å². The van der Waals surface area contributed by atoms with Crippen molar-refractivity contribution in [3.63, 3.8) is 0 Å². The lowest BCUT2D eigenvalue weighted by Crippen LogP contribution is -2.15. The molecule has 1 fully saturated rings. The van der Waals surface area contributed by atoms with Crippen LogP contribution >= 0.6 is 11.6 Å². The molecule has 0 saturated heterocycles. The van der Waals surface area contributed by atoms with Gasteiger partial charge in [-0.05, 0) is 44.4 Å². The number of imidazole rings is 1. The second-order valence-electron chi connectivity index (χ2n) is 6.89. The number of alkyl halides is 1. The second-order valence-corrected chi connectivity index (χ2v) is 7.33. The second kappa shape index (κ2) is 7.23. The number of hydrogen-bond acceptors (Lipinski definition) is 5. The molecule has 2 unspecified atom stereocenters. The third-order valence-corrected chi connectivity index (χ3v) is 5.24. The Morgan fingerprint density at radius 2 is 2.30 bits per heavy atom. The average molecular weight is 387 g/mol. The Hall–Kier alpha value is -2.54. The molecule has 1 aliphatic carbocycles.